The molecule has 1 aromatic carbocycles. The van der Waals surface area contributed by atoms with Gasteiger partial charge < -0.3 is 4.74 Å². The molecule has 0 unspecified atom stereocenters. The molecule has 0 heterocycles. The van der Waals surface area contributed by atoms with Crippen LogP contribution in [0, 0.1) is 0 Å². The first kappa shape index (κ1) is 17.8. The van der Waals surface area contributed by atoms with E-state index >= 15 is 0 Å². The molecule has 0 aliphatic rings. The van der Waals surface area contributed by atoms with E-state index in [4.69, 9.17) is 4.74 Å². The van der Waals surface area contributed by atoms with Gasteiger partial charge in [0.05, 0.1) is 12.9 Å². The fourth-order valence-corrected chi connectivity index (χ4v) is 1.55. The van der Waals surface area contributed by atoms with Crippen LogP contribution in [0.1, 0.15) is 64.9 Å². The summed E-state index contributed by atoms with van der Waals surface area (Å²) in [6, 6.07) is 10.2. The minimum Gasteiger partial charge on any atom is -0.501 e. The Kier molecular flexibility index (Phi) is 13.9. The zero-order chi connectivity index (χ0) is 14.2. The molecule has 0 saturated carbocycles. The fraction of sp³-hybridized carbons (Fsp3) is 0.556. The van der Waals surface area contributed by atoms with Crippen molar-refractivity contribution in [3.05, 3.63) is 42.2 Å². The predicted molar refractivity (Wildman–Crippen MR) is 86.2 cm³/mol. The smallest absolute Gasteiger partial charge is 0.0873 e. The molecule has 0 radical (unpaired) electrons. The molecule has 1 heteroatoms. The quantitative estimate of drug-likeness (QED) is 0.408. The molecule has 1 nitrogen and oxygen atoms in total. The van der Waals surface area contributed by atoms with Gasteiger partial charge >= 0.3 is 0 Å². The van der Waals surface area contributed by atoms with Crippen LogP contribution in [0.25, 0.3) is 6.08 Å². The van der Waals surface area contributed by atoms with Crippen molar-refractivity contribution >= 4 is 6.08 Å². The highest BCUT2D eigenvalue weighted by molar-refractivity contribution is 5.47. The van der Waals surface area contributed by atoms with Crippen LogP contribution in [-0.4, -0.2) is 6.61 Å². The number of hydrogen-bond acceptors (Lipinski definition) is 1. The summed E-state index contributed by atoms with van der Waals surface area (Å²) in [5, 5.41) is 0. The topological polar surface area (TPSA) is 9.23 Å². The predicted octanol–water partition coefficient (Wildman–Crippen LogP) is 6.06. The van der Waals surface area contributed by atoms with Crippen LogP contribution in [0.5, 0.6) is 0 Å². The van der Waals surface area contributed by atoms with Gasteiger partial charge in [-0.2, -0.15) is 0 Å². The molecule has 0 saturated heterocycles. The van der Waals surface area contributed by atoms with Crippen molar-refractivity contribution in [2.75, 3.05) is 6.61 Å². The second kappa shape index (κ2) is 14.8. The number of unbranched alkanes of at least 4 members (excludes halogenated alkanes) is 4. The summed E-state index contributed by atoms with van der Waals surface area (Å²) in [5.74, 6) is 0. The van der Waals surface area contributed by atoms with Crippen molar-refractivity contribution in [3.8, 4) is 0 Å². The number of hydrogen-bond donors (Lipinski definition) is 0. The van der Waals surface area contributed by atoms with Gasteiger partial charge in [-0.1, -0.05) is 83.2 Å². The summed E-state index contributed by atoms with van der Waals surface area (Å²) in [7, 11) is 0. The molecule has 0 spiro atoms. The lowest BCUT2D eigenvalue weighted by atomic mass is 10.2. The van der Waals surface area contributed by atoms with Crippen LogP contribution in [0.4, 0.5) is 0 Å². The molecule has 0 aromatic heterocycles. The third kappa shape index (κ3) is 13.0. The maximum Gasteiger partial charge on any atom is 0.0873 e. The van der Waals surface area contributed by atoms with Crippen molar-refractivity contribution in [1.29, 1.82) is 0 Å². The summed E-state index contributed by atoms with van der Waals surface area (Å²) in [4.78, 5) is 0. The first-order chi connectivity index (χ1) is 9.35. The van der Waals surface area contributed by atoms with Crippen molar-refractivity contribution in [2.24, 2.45) is 0 Å². The summed E-state index contributed by atoms with van der Waals surface area (Å²) < 4.78 is 5.36. The fourth-order valence-electron chi connectivity index (χ4n) is 1.55. The van der Waals surface area contributed by atoms with E-state index in [0.717, 1.165) is 13.0 Å². The standard InChI is InChI=1S/C13H18O.C5H12/c1-2-3-7-11-14-12-10-13-8-5-4-6-9-13;1-3-5-4-2/h4-6,8-10,12H,2-3,7,11H2,1H3;3-5H2,1-2H3. The highest BCUT2D eigenvalue weighted by atomic mass is 16.5. The van der Waals surface area contributed by atoms with Gasteiger partial charge in [0.25, 0.3) is 0 Å². The largest absolute Gasteiger partial charge is 0.501 e. The van der Waals surface area contributed by atoms with Crippen LogP contribution < -0.4 is 0 Å². The molecular weight excluding hydrogens is 232 g/mol. The molecular formula is C18H30O. The lowest BCUT2D eigenvalue weighted by molar-refractivity contribution is 0.244. The molecule has 0 aliphatic carbocycles. The number of ether oxygens (including phenoxy) is 1. The first-order valence-electron chi connectivity index (χ1n) is 7.68. The van der Waals surface area contributed by atoms with E-state index in [1.54, 1.807) is 6.26 Å². The van der Waals surface area contributed by atoms with Gasteiger partial charge in [0, 0.05) is 0 Å². The second-order valence-corrected chi connectivity index (χ2v) is 4.64. The Labute approximate surface area is 119 Å². The number of benzene rings is 1. The maximum absolute atomic E-state index is 5.36. The van der Waals surface area contributed by atoms with Gasteiger partial charge in [-0.25, -0.2) is 0 Å². The average Bonchev–Trinajstić information content (AvgIpc) is 2.45. The Hall–Kier alpha value is -1.24. The van der Waals surface area contributed by atoms with E-state index in [-0.39, 0.29) is 0 Å². The third-order valence-corrected chi connectivity index (χ3v) is 2.73. The van der Waals surface area contributed by atoms with Crippen molar-refractivity contribution < 1.29 is 4.74 Å². The van der Waals surface area contributed by atoms with Gasteiger partial charge in [-0.15, -0.1) is 0 Å². The molecule has 0 aliphatic heterocycles. The molecule has 108 valence electrons. The SMILES string of the molecule is CCCCC.CCCCCOC=Cc1ccccc1. The van der Waals surface area contributed by atoms with Crippen LogP contribution in [0.3, 0.4) is 0 Å². The molecule has 0 fully saturated rings. The third-order valence-electron chi connectivity index (χ3n) is 2.73. The normalized spacial score (nSPS) is 10.1. The summed E-state index contributed by atoms with van der Waals surface area (Å²) in [5.41, 5.74) is 1.18. The lowest BCUT2D eigenvalue weighted by Crippen LogP contribution is -1.86. The molecule has 19 heavy (non-hydrogen) atoms. The van der Waals surface area contributed by atoms with Gasteiger partial charge in [-0.3, -0.25) is 0 Å². The van der Waals surface area contributed by atoms with E-state index < -0.39 is 0 Å². The van der Waals surface area contributed by atoms with Crippen molar-refractivity contribution in [3.63, 3.8) is 0 Å². The number of rotatable bonds is 8. The Morgan fingerprint density at radius 3 is 2.00 bits per heavy atom. The zero-order valence-electron chi connectivity index (χ0n) is 12.9. The molecule has 0 N–H and O–H groups in total. The van der Waals surface area contributed by atoms with E-state index in [0.29, 0.717) is 0 Å². The van der Waals surface area contributed by atoms with Gasteiger partial charge in [0.15, 0.2) is 0 Å². The Morgan fingerprint density at radius 1 is 0.842 bits per heavy atom. The van der Waals surface area contributed by atoms with E-state index in [9.17, 15) is 0 Å². The van der Waals surface area contributed by atoms with Gasteiger partial charge in [0.2, 0.25) is 0 Å². The van der Waals surface area contributed by atoms with Gasteiger partial charge in [-0.05, 0) is 18.1 Å². The molecule has 0 atom stereocenters. The maximum atomic E-state index is 5.36. The monoisotopic (exact) mass is 262 g/mol. The highest BCUT2D eigenvalue weighted by Crippen LogP contribution is 2.01. The van der Waals surface area contributed by atoms with E-state index in [2.05, 4.69) is 32.9 Å². The highest BCUT2D eigenvalue weighted by Gasteiger charge is 1.84. The lowest BCUT2D eigenvalue weighted by Gasteiger charge is -1.98. The zero-order valence-corrected chi connectivity index (χ0v) is 12.9. The van der Waals surface area contributed by atoms with Crippen LogP contribution in [0.2, 0.25) is 0 Å². The molecule has 0 amide bonds. The van der Waals surface area contributed by atoms with Crippen LogP contribution in [0.15, 0.2) is 36.6 Å². The minimum atomic E-state index is 0.831. The molecule has 0 bridgehead atoms. The first-order valence-corrected chi connectivity index (χ1v) is 7.68. The van der Waals surface area contributed by atoms with E-state index in [1.165, 1.54) is 37.7 Å². The minimum absolute atomic E-state index is 0.831. The Balaban J connectivity index is 0.000000555. The van der Waals surface area contributed by atoms with Crippen molar-refractivity contribution in [2.45, 2.75) is 59.3 Å². The summed E-state index contributed by atoms with van der Waals surface area (Å²) >= 11 is 0. The average molecular weight is 262 g/mol. The Morgan fingerprint density at radius 2 is 1.47 bits per heavy atom. The molecule has 1 aromatic rings. The van der Waals surface area contributed by atoms with Crippen molar-refractivity contribution in [1.82, 2.24) is 0 Å². The van der Waals surface area contributed by atoms with E-state index in [1.807, 2.05) is 24.3 Å². The van der Waals surface area contributed by atoms with Crippen LogP contribution >= 0.6 is 0 Å². The second-order valence-electron chi connectivity index (χ2n) is 4.64. The van der Waals surface area contributed by atoms with Gasteiger partial charge in [0.1, 0.15) is 0 Å². The summed E-state index contributed by atoms with van der Waals surface area (Å²) in [6.07, 6.45) is 11.5. The molecule has 1 rings (SSSR count). The van der Waals surface area contributed by atoms with Crippen LogP contribution in [-0.2, 0) is 4.74 Å². The summed E-state index contributed by atoms with van der Waals surface area (Å²) in [6.45, 7) is 7.45. The Bertz CT molecular complexity index is 288.